The van der Waals surface area contributed by atoms with Gasteiger partial charge in [-0.1, -0.05) is 23.7 Å². The smallest absolute Gasteiger partial charge is 0.267 e. The molecule has 9 heteroatoms. The quantitative estimate of drug-likeness (QED) is 0.227. The molecule has 4 nitrogen and oxygen atoms in total. The molecule has 2 amide bonds. The molecule has 0 heterocycles. The van der Waals surface area contributed by atoms with Crippen molar-refractivity contribution in [3.8, 4) is 0 Å². The molecule has 132 valence electrons. The van der Waals surface area contributed by atoms with E-state index in [0.29, 0.717) is 6.07 Å². The molecule has 2 aromatic rings. The van der Waals surface area contributed by atoms with Gasteiger partial charge in [-0.25, -0.2) is 10.9 Å². The van der Waals surface area contributed by atoms with Gasteiger partial charge in [0.25, 0.3) is 11.8 Å². The summed E-state index contributed by atoms with van der Waals surface area (Å²) in [7, 11) is 0. The van der Waals surface area contributed by atoms with Crippen LogP contribution in [-0.2, 0) is 6.18 Å². The molecule has 0 atom stereocenters. The summed E-state index contributed by atoms with van der Waals surface area (Å²) in [5, 5.41) is -0.307. The molecule has 0 aliphatic heterocycles. The van der Waals surface area contributed by atoms with Crippen LogP contribution in [0, 0.1) is 10.5 Å². The third-order valence-electron chi connectivity index (χ3n) is 3.39. The number of nitrogens with zero attached hydrogens (tertiary/aromatic N) is 1. The zero-order valence-electron chi connectivity index (χ0n) is 12.7. The van der Waals surface area contributed by atoms with Gasteiger partial charge in [-0.05, 0) is 59.3 Å². The minimum absolute atomic E-state index is 0.0754. The van der Waals surface area contributed by atoms with Gasteiger partial charge in [-0.2, -0.15) is 13.2 Å². The second-order valence-corrected chi connectivity index (χ2v) is 6.67. The summed E-state index contributed by atoms with van der Waals surface area (Å²) < 4.78 is 40.1. The van der Waals surface area contributed by atoms with Crippen molar-refractivity contribution in [2.24, 2.45) is 5.84 Å². The molecule has 0 aliphatic rings. The van der Waals surface area contributed by atoms with Gasteiger partial charge in [-0.3, -0.25) is 9.59 Å². The number of amides is 2. The van der Waals surface area contributed by atoms with E-state index in [1.165, 1.54) is 12.1 Å². The maximum Gasteiger partial charge on any atom is 0.417 e. The van der Waals surface area contributed by atoms with Gasteiger partial charge >= 0.3 is 6.18 Å². The van der Waals surface area contributed by atoms with E-state index in [9.17, 15) is 22.8 Å². The van der Waals surface area contributed by atoms with Crippen molar-refractivity contribution in [2.75, 3.05) is 0 Å². The zero-order chi connectivity index (χ0) is 18.9. The predicted molar refractivity (Wildman–Crippen MR) is 95.0 cm³/mol. The SMILES string of the molecule is Cc1ccc(C(=O)N(N)C(=O)c2c(Cl)cccc2C(F)(F)F)cc1I. The number of hydrogen-bond acceptors (Lipinski definition) is 3. The highest BCUT2D eigenvalue weighted by Crippen LogP contribution is 2.35. The van der Waals surface area contributed by atoms with Crippen LogP contribution in [-0.4, -0.2) is 16.8 Å². The van der Waals surface area contributed by atoms with Crippen LogP contribution in [0.25, 0.3) is 0 Å². The molecule has 2 rings (SSSR count). The lowest BCUT2D eigenvalue weighted by Crippen LogP contribution is -2.43. The van der Waals surface area contributed by atoms with Gasteiger partial charge in [0.05, 0.1) is 16.1 Å². The number of rotatable bonds is 2. The summed E-state index contributed by atoms with van der Waals surface area (Å²) in [5.74, 6) is 3.23. The molecule has 2 aromatic carbocycles. The summed E-state index contributed by atoms with van der Waals surface area (Å²) >= 11 is 7.75. The largest absolute Gasteiger partial charge is 0.417 e. The molecule has 0 fully saturated rings. The standard InChI is InChI=1S/C16H11ClF3IN2O2/c1-8-5-6-9(7-12(8)21)14(24)23(22)15(25)13-10(16(18,19)20)3-2-4-11(13)17/h2-7H,22H2,1H3. The molecule has 0 aromatic heterocycles. The first-order valence-corrected chi connectivity index (χ1v) is 8.25. The van der Waals surface area contributed by atoms with Crippen LogP contribution >= 0.6 is 34.2 Å². The van der Waals surface area contributed by atoms with Crippen molar-refractivity contribution in [3.05, 3.63) is 67.2 Å². The molecule has 0 spiro atoms. The lowest BCUT2D eigenvalue weighted by molar-refractivity contribution is -0.138. The number of benzene rings is 2. The van der Waals surface area contributed by atoms with Gasteiger partial charge in [0, 0.05) is 9.13 Å². The summed E-state index contributed by atoms with van der Waals surface area (Å²) in [6, 6.07) is 7.45. The van der Waals surface area contributed by atoms with Crippen LogP contribution in [0.1, 0.15) is 31.8 Å². The minimum atomic E-state index is -4.82. The monoisotopic (exact) mass is 482 g/mol. The second-order valence-electron chi connectivity index (χ2n) is 5.10. The highest BCUT2D eigenvalue weighted by Gasteiger charge is 2.38. The van der Waals surface area contributed by atoms with Crippen LogP contribution in [0.15, 0.2) is 36.4 Å². The molecule has 0 bridgehead atoms. The highest BCUT2D eigenvalue weighted by atomic mass is 127. The number of alkyl halides is 3. The molecule has 25 heavy (non-hydrogen) atoms. The van der Waals surface area contributed by atoms with Crippen molar-refractivity contribution in [1.82, 2.24) is 5.01 Å². The maximum atomic E-state index is 13.1. The van der Waals surface area contributed by atoms with Crippen molar-refractivity contribution in [2.45, 2.75) is 13.1 Å². The predicted octanol–water partition coefficient (Wildman–Crippen LogP) is 4.43. The molecule has 0 aliphatic carbocycles. The van der Waals surface area contributed by atoms with Crippen LogP contribution in [0.5, 0.6) is 0 Å². The molecule has 0 saturated carbocycles. The number of hydrazine groups is 1. The fourth-order valence-corrected chi connectivity index (χ4v) is 2.83. The Morgan fingerprint density at radius 1 is 1.16 bits per heavy atom. The average molecular weight is 483 g/mol. The molecular weight excluding hydrogens is 472 g/mol. The Morgan fingerprint density at radius 2 is 1.80 bits per heavy atom. The number of hydrogen-bond donors (Lipinski definition) is 1. The first kappa shape index (κ1) is 19.7. The fraction of sp³-hybridized carbons (Fsp3) is 0.125. The first-order chi connectivity index (χ1) is 11.5. The lowest BCUT2D eigenvalue weighted by atomic mass is 10.1. The van der Waals surface area contributed by atoms with Crippen LogP contribution < -0.4 is 5.84 Å². The number of carbonyl (C=O) groups is 2. The summed E-state index contributed by atoms with van der Waals surface area (Å²) in [6.45, 7) is 1.82. The number of imide groups is 1. The Labute approximate surface area is 159 Å². The summed E-state index contributed by atoms with van der Waals surface area (Å²) in [5.41, 5.74) is -1.15. The van der Waals surface area contributed by atoms with Crippen molar-refractivity contribution < 1.29 is 22.8 Å². The van der Waals surface area contributed by atoms with Crippen molar-refractivity contribution in [3.63, 3.8) is 0 Å². The maximum absolute atomic E-state index is 13.1. The van der Waals surface area contributed by atoms with E-state index in [2.05, 4.69) is 0 Å². The lowest BCUT2D eigenvalue weighted by Gasteiger charge is -2.19. The van der Waals surface area contributed by atoms with E-state index in [1.807, 2.05) is 29.5 Å². The van der Waals surface area contributed by atoms with E-state index in [4.69, 9.17) is 17.4 Å². The first-order valence-electron chi connectivity index (χ1n) is 6.79. The Balaban J connectivity index is 2.44. The van der Waals surface area contributed by atoms with Gasteiger partial charge in [0.15, 0.2) is 0 Å². The molecule has 2 N–H and O–H groups in total. The topological polar surface area (TPSA) is 63.4 Å². The van der Waals surface area contributed by atoms with Gasteiger partial charge in [-0.15, -0.1) is 0 Å². The Morgan fingerprint density at radius 3 is 2.36 bits per heavy atom. The highest BCUT2D eigenvalue weighted by molar-refractivity contribution is 14.1. The van der Waals surface area contributed by atoms with Crippen LogP contribution in [0.2, 0.25) is 5.02 Å². The van der Waals surface area contributed by atoms with E-state index < -0.39 is 34.1 Å². The van der Waals surface area contributed by atoms with E-state index >= 15 is 0 Å². The number of carbonyl (C=O) groups excluding carboxylic acids is 2. The molecule has 0 radical (unpaired) electrons. The van der Waals surface area contributed by atoms with Crippen molar-refractivity contribution >= 4 is 46.0 Å². The zero-order valence-corrected chi connectivity index (χ0v) is 15.6. The molecule has 0 saturated heterocycles. The van der Waals surface area contributed by atoms with Gasteiger partial charge in [0.2, 0.25) is 0 Å². The number of nitrogens with two attached hydrogens (primary N) is 1. The van der Waals surface area contributed by atoms with E-state index in [0.717, 1.165) is 21.3 Å². The van der Waals surface area contributed by atoms with Crippen molar-refractivity contribution in [1.29, 1.82) is 0 Å². The average Bonchev–Trinajstić information content (AvgIpc) is 2.54. The fourth-order valence-electron chi connectivity index (χ4n) is 2.06. The third kappa shape index (κ3) is 4.13. The normalized spacial score (nSPS) is 11.3. The molecule has 0 unspecified atom stereocenters. The Kier molecular flexibility index (Phi) is 5.75. The van der Waals surface area contributed by atoms with Crippen LogP contribution in [0.3, 0.4) is 0 Å². The number of aryl methyl sites for hydroxylation is 1. The van der Waals surface area contributed by atoms with E-state index in [-0.39, 0.29) is 10.6 Å². The van der Waals surface area contributed by atoms with Gasteiger partial charge < -0.3 is 0 Å². The summed E-state index contributed by atoms with van der Waals surface area (Å²) in [6.07, 6.45) is -4.82. The number of halogens is 5. The van der Waals surface area contributed by atoms with Crippen LogP contribution in [0.4, 0.5) is 13.2 Å². The minimum Gasteiger partial charge on any atom is -0.267 e. The third-order valence-corrected chi connectivity index (χ3v) is 4.87. The molecular formula is C16H11ClF3IN2O2. The Hall–Kier alpha value is -1.65. The summed E-state index contributed by atoms with van der Waals surface area (Å²) in [4.78, 5) is 24.7. The second kappa shape index (κ2) is 7.30. The Bertz CT molecular complexity index is 856. The van der Waals surface area contributed by atoms with E-state index in [1.54, 1.807) is 6.07 Å². The van der Waals surface area contributed by atoms with Gasteiger partial charge in [0.1, 0.15) is 0 Å².